The molecule has 0 saturated heterocycles. The number of halogens is 1. The van der Waals surface area contributed by atoms with E-state index in [2.05, 4.69) is 27.9 Å². The first-order valence-electron chi connectivity index (χ1n) is 6.23. The summed E-state index contributed by atoms with van der Waals surface area (Å²) in [5, 5.41) is 2.05. The Bertz CT molecular complexity index is 621. The second-order valence-electron chi connectivity index (χ2n) is 4.75. The maximum absolute atomic E-state index is 6.08. The number of terminal acetylenes is 1. The van der Waals surface area contributed by atoms with E-state index in [0.29, 0.717) is 0 Å². The standard InChI is InChI=1S/C15H15ClN2/c1-2-3-7-18-8-6-15-13(10-18)12-9-11(16)4-5-14(12)17-15/h1,4-5,9,17H,3,6-8,10H2. The number of aromatic amines is 1. The molecule has 0 fully saturated rings. The molecule has 2 aromatic rings. The average Bonchev–Trinajstić information content (AvgIpc) is 2.74. The third kappa shape index (κ3) is 2.01. The molecule has 18 heavy (non-hydrogen) atoms. The van der Waals surface area contributed by atoms with Crippen molar-refractivity contribution in [2.75, 3.05) is 13.1 Å². The van der Waals surface area contributed by atoms with Crippen LogP contribution < -0.4 is 0 Å². The summed E-state index contributed by atoms with van der Waals surface area (Å²) >= 11 is 6.08. The van der Waals surface area contributed by atoms with Crippen LogP contribution in [-0.2, 0) is 13.0 Å². The highest BCUT2D eigenvalue weighted by molar-refractivity contribution is 6.31. The topological polar surface area (TPSA) is 19.0 Å². The second-order valence-corrected chi connectivity index (χ2v) is 5.19. The molecule has 0 saturated carbocycles. The van der Waals surface area contributed by atoms with Crippen molar-refractivity contribution in [2.24, 2.45) is 0 Å². The minimum Gasteiger partial charge on any atom is -0.358 e. The quantitative estimate of drug-likeness (QED) is 0.820. The number of nitrogens with zero attached hydrogens (tertiary/aromatic N) is 1. The van der Waals surface area contributed by atoms with Gasteiger partial charge in [0.2, 0.25) is 0 Å². The first-order valence-corrected chi connectivity index (χ1v) is 6.60. The van der Waals surface area contributed by atoms with Crippen molar-refractivity contribution in [2.45, 2.75) is 19.4 Å². The summed E-state index contributed by atoms with van der Waals surface area (Å²) in [4.78, 5) is 5.91. The fourth-order valence-electron chi connectivity index (χ4n) is 2.66. The number of rotatable bonds is 2. The number of hydrogen-bond donors (Lipinski definition) is 1. The van der Waals surface area contributed by atoms with Gasteiger partial charge in [-0.25, -0.2) is 0 Å². The monoisotopic (exact) mass is 258 g/mol. The summed E-state index contributed by atoms with van der Waals surface area (Å²) in [5.41, 5.74) is 3.92. The van der Waals surface area contributed by atoms with Gasteiger partial charge in [-0.2, -0.15) is 0 Å². The highest BCUT2D eigenvalue weighted by atomic mass is 35.5. The van der Waals surface area contributed by atoms with Crippen molar-refractivity contribution >= 4 is 22.5 Å². The lowest BCUT2D eigenvalue weighted by atomic mass is 10.0. The molecule has 3 rings (SSSR count). The molecule has 92 valence electrons. The van der Waals surface area contributed by atoms with E-state index in [4.69, 9.17) is 18.0 Å². The van der Waals surface area contributed by atoms with E-state index in [1.807, 2.05) is 6.07 Å². The fraction of sp³-hybridized carbons (Fsp3) is 0.333. The van der Waals surface area contributed by atoms with Gasteiger partial charge in [0.1, 0.15) is 0 Å². The SMILES string of the molecule is C#CCCN1CCc2[nH]c3ccc(Cl)cc3c2C1. The Morgan fingerprint density at radius 3 is 3.17 bits per heavy atom. The van der Waals surface area contributed by atoms with Crippen LogP contribution in [0.2, 0.25) is 5.02 Å². The van der Waals surface area contributed by atoms with Gasteiger partial charge in [0.05, 0.1) is 0 Å². The molecule has 1 aromatic heterocycles. The molecule has 2 nitrogen and oxygen atoms in total. The Kier molecular flexibility index (Phi) is 3.03. The van der Waals surface area contributed by atoms with Gasteiger partial charge in [-0.05, 0) is 23.8 Å². The van der Waals surface area contributed by atoms with E-state index in [-0.39, 0.29) is 0 Å². The van der Waals surface area contributed by atoms with Crippen LogP contribution in [0.4, 0.5) is 0 Å². The Hall–Kier alpha value is -1.43. The minimum atomic E-state index is 0.796. The zero-order valence-corrected chi connectivity index (χ0v) is 10.9. The molecule has 1 aliphatic heterocycles. The van der Waals surface area contributed by atoms with Gasteiger partial charge in [-0.1, -0.05) is 11.6 Å². The van der Waals surface area contributed by atoms with Crippen LogP contribution in [0.25, 0.3) is 10.9 Å². The van der Waals surface area contributed by atoms with Crippen LogP contribution in [0.5, 0.6) is 0 Å². The van der Waals surface area contributed by atoms with Crippen LogP contribution in [0.1, 0.15) is 17.7 Å². The lowest BCUT2D eigenvalue weighted by Crippen LogP contribution is -2.30. The highest BCUT2D eigenvalue weighted by Gasteiger charge is 2.20. The van der Waals surface area contributed by atoms with Gasteiger partial charge in [0, 0.05) is 54.1 Å². The van der Waals surface area contributed by atoms with E-state index in [1.165, 1.54) is 22.2 Å². The number of H-pyrrole nitrogens is 1. The second kappa shape index (κ2) is 4.68. The van der Waals surface area contributed by atoms with Crippen molar-refractivity contribution in [1.29, 1.82) is 0 Å². The van der Waals surface area contributed by atoms with Crippen molar-refractivity contribution in [3.8, 4) is 12.3 Å². The first kappa shape index (κ1) is 11.6. The maximum atomic E-state index is 6.08. The normalized spacial score (nSPS) is 15.6. The summed E-state index contributed by atoms with van der Waals surface area (Å²) in [6.07, 6.45) is 7.21. The van der Waals surface area contributed by atoms with Crippen LogP contribution in [-0.4, -0.2) is 23.0 Å². The zero-order chi connectivity index (χ0) is 12.5. The lowest BCUT2D eigenvalue weighted by molar-refractivity contribution is 0.260. The lowest BCUT2D eigenvalue weighted by Gasteiger charge is -2.26. The molecule has 0 amide bonds. The molecule has 1 N–H and O–H groups in total. The molecule has 0 spiro atoms. The number of hydrogen-bond acceptors (Lipinski definition) is 1. The van der Waals surface area contributed by atoms with Gasteiger partial charge in [0.15, 0.2) is 0 Å². The maximum Gasteiger partial charge on any atom is 0.0460 e. The molecule has 0 bridgehead atoms. The summed E-state index contributed by atoms with van der Waals surface area (Å²) in [5.74, 6) is 2.71. The zero-order valence-electron chi connectivity index (χ0n) is 10.2. The Morgan fingerprint density at radius 2 is 2.33 bits per heavy atom. The third-order valence-corrected chi connectivity index (χ3v) is 3.82. The summed E-state index contributed by atoms with van der Waals surface area (Å²) in [6, 6.07) is 6.04. The molecule has 1 aromatic carbocycles. The molecule has 1 aliphatic rings. The molecule has 0 radical (unpaired) electrons. The smallest absolute Gasteiger partial charge is 0.0460 e. The summed E-state index contributed by atoms with van der Waals surface area (Å²) in [7, 11) is 0. The molecule has 0 unspecified atom stereocenters. The molecule has 0 atom stereocenters. The van der Waals surface area contributed by atoms with Crippen LogP contribution in [0, 0.1) is 12.3 Å². The molecule has 0 aliphatic carbocycles. The molecular weight excluding hydrogens is 244 g/mol. The molecule has 2 heterocycles. The number of benzene rings is 1. The van der Waals surface area contributed by atoms with Gasteiger partial charge < -0.3 is 4.98 Å². The molecular formula is C15H15ClN2. The minimum absolute atomic E-state index is 0.796. The Balaban J connectivity index is 1.96. The van der Waals surface area contributed by atoms with Gasteiger partial charge >= 0.3 is 0 Å². The van der Waals surface area contributed by atoms with Crippen LogP contribution >= 0.6 is 11.6 Å². The van der Waals surface area contributed by atoms with E-state index >= 15 is 0 Å². The predicted octanol–water partition coefficient (Wildman–Crippen LogP) is 3.20. The van der Waals surface area contributed by atoms with Gasteiger partial charge in [0.25, 0.3) is 0 Å². The number of aromatic nitrogens is 1. The van der Waals surface area contributed by atoms with Crippen LogP contribution in [0.3, 0.4) is 0 Å². The van der Waals surface area contributed by atoms with Crippen molar-refractivity contribution in [1.82, 2.24) is 9.88 Å². The summed E-state index contributed by atoms with van der Waals surface area (Å²) < 4.78 is 0. The average molecular weight is 259 g/mol. The fourth-order valence-corrected chi connectivity index (χ4v) is 2.83. The van der Waals surface area contributed by atoms with Crippen molar-refractivity contribution in [3.05, 3.63) is 34.5 Å². The summed E-state index contributed by atoms with van der Waals surface area (Å²) in [6.45, 7) is 3.02. The Labute approximate surface area is 112 Å². The van der Waals surface area contributed by atoms with E-state index in [9.17, 15) is 0 Å². The number of nitrogens with one attached hydrogen (secondary N) is 1. The number of fused-ring (bicyclic) bond motifs is 3. The van der Waals surface area contributed by atoms with E-state index in [0.717, 1.165) is 37.5 Å². The van der Waals surface area contributed by atoms with Gasteiger partial charge in [-0.3, -0.25) is 4.90 Å². The van der Waals surface area contributed by atoms with E-state index < -0.39 is 0 Å². The van der Waals surface area contributed by atoms with Crippen molar-refractivity contribution in [3.63, 3.8) is 0 Å². The van der Waals surface area contributed by atoms with Crippen molar-refractivity contribution < 1.29 is 0 Å². The third-order valence-electron chi connectivity index (χ3n) is 3.59. The van der Waals surface area contributed by atoms with Crippen LogP contribution in [0.15, 0.2) is 18.2 Å². The molecule has 3 heteroatoms. The highest BCUT2D eigenvalue weighted by Crippen LogP contribution is 2.29. The first-order chi connectivity index (χ1) is 8.78. The largest absolute Gasteiger partial charge is 0.358 e. The predicted molar refractivity (Wildman–Crippen MR) is 75.7 cm³/mol. The van der Waals surface area contributed by atoms with Gasteiger partial charge in [-0.15, -0.1) is 12.3 Å². The Morgan fingerprint density at radius 1 is 1.44 bits per heavy atom. The van der Waals surface area contributed by atoms with E-state index in [1.54, 1.807) is 0 Å².